The maximum atomic E-state index is 12.3. The van der Waals surface area contributed by atoms with E-state index in [9.17, 15) is 4.79 Å². The number of nitrogens with one attached hydrogen (secondary N) is 2. The molecule has 200 valence electrons. The van der Waals surface area contributed by atoms with E-state index in [0.717, 1.165) is 21.4 Å². The molecule has 3 heterocycles. The Kier molecular flexibility index (Phi) is 8.37. The van der Waals surface area contributed by atoms with Crippen molar-refractivity contribution in [3.05, 3.63) is 95.5 Å². The second kappa shape index (κ2) is 12.1. The number of ether oxygens (including phenoxy) is 2. The first-order valence-electron chi connectivity index (χ1n) is 12.0. The fourth-order valence-electron chi connectivity index (χ4n) is 4.35. The summed E-state index contributed by atoms with van der Waals surface area (Å²) in [5, 5.41) is 8.17. The van der Waals surface area contributed by atoms with Crippen molar-refractivity contribution < 1.29 is 18.7 Å². The van der Waals surface area contributed by atoms with Gasteiger partial charge in [0.25, 0.3) is 0 Å². The number of thiocarbonyl (C=S) groups is 1. The van der Waals surface area contributed by atoms with E-state index in [1.54, 1.807) is 19.4 Å². The van der Waals surface area contributed by atoms with Gasteiger partial charge in [-0.2, -0.15) is 0 Å². The molecule has 39 heavy (non-hydrogen) atoms. The predicted octanol–water partition coefficient (Wildman–Crippen LogP) is 6.25. The summed E-state index contributed by atoms with van der Waals surface area (Å²) in [6, 6.07) is 22.1. The molecular formula is C28H25ClN4O4S2. The molecule has 0 radical (unpaired) electrons. The number of benzene rings is 2. The molecule has 0 unspecified atom stereocenters. The normalized spacial score (nSPS) is 16.7. The molecule has 4 aromatic rings. The Labute approximate surface area is 240 Å². The van der Waals surface area contributed by atoms with E-state index in [1.165, 1.54) is 18.9 Å². The van der Waals surface area contributed by atoms with Gasteiger partial charge < -0.3 is 29.4 Å². The number of nitrogens with zero attached hydrogens (tertiary/aromatic N) is 2. The van der Waals surface area contributed by atoms with Crippen molar-refractivity contribution in [3.63, 3.8) is 0 Å². The van der Waals surface area contributed by atoms with E-state index in [-0.39, 0.29) is 24.6 Å². The third-order valence-electron chi connectivity index (χ3n) is 6.03. The Morgan fingerprint density at radius 3 is 2.69 bits per heavy atom. The van der Waals surface area contributed by atoms with E-state index in [2.05, 4.69) is 15.6 Å². The summed E-state index contributed by atoms with van der Waals surface area (Å²) >= 11 is 13.4. The molecule has 2 atom stereocenters. The first-order valence-corrected chi connectivity index (χ1v) is 13.6. The number of carbonyl (C=O) groups is 1. The number of aromatic nitrogens is 1. The average Bonchev–Trinajstić information content (AvgIpc) is 3.54. The number of carbonyl (C=O) groups excluding carboxylic acids is 1. The summed E-state index contributed by atoms with van der Waals surface area (Å²) in [5.41, 5.74) is 2.06. The molecule has 8 nitrogen and oxygen atoms in total. The average molecular weight is 581 g/mol. The highest BCUT2D eigenvalue weighted by atomic mass is 35.5. The Bertz CT molecular complexity index is 1470. The van der Waals surface area contributed by atoms with Crippen LogP contribution in [0.25, 0.3) is 0 Å². The predicted molar refractivity (Wildman–Crippen MR) is 156 cm³/mol. The molecule has 11 heteroatoms. The molecule has 0 bridgehead atoms. The molecule has 1 saturated heterocycles. The molecule has 2 aromatic heterocycles. The number of pyridine rings is 1. The van der Waals surface area contributed by atoms with Gasteiger partial charge in [-0.3, -0.25) is 9.78 Å². The summed E-state index contributed by atoms with van der Waals surface area (Å²) < 4.78 is 16.8. The second-order valence-corrected chi connectivity index (χ2v) is 10.5. The van der Waals surface area contributed by atoms with Crippen LogP contribution in [0.1, 0.15) is 23.5 Å². The van der Waals surface area contributed by atoms with E-state index in [4.69, 9.17) is 37.7 Å². The van der Waals surface area contributed by atoms with Gasteiger partial charge in [0.15, 0.2) is 10.2 Å². The number of hydrogen-bond acceptors (Lipinski definition) is 7. The van der Waals surface area contributed by atoms with Crippen molar-refractivity contribution in [2.24, 2.45) is 0 Å². The lowest BCUT2D eigenvalue weighted by Gasteiger charge is -2.27. The molecule has 0 spiro atoms. The zero-order chi connectivity index (χ0) is 27.4. The van der Waals surface area contributed by atoms with Crippen LogP contribution in [0, 0.1) is 0 Å². The topological polar surface area (TPSA) is 88.9 Å². The van der Waals surface area contributed by atoms with Gasteiger partial charge in [0.2, 0.25) is 5.91 Å². The first-order chi connectivity index (χ1) is 19.0. The number of anilines is 2. The molecule has 5 rings (SSSR count). The van der Waals surface area contributed by atoms with Crippen molar-refractivity contribution in [2.45, 2.75) is 22.1 Å². The highest BCUT2D eigenvalue weighted by molar-refractivity contribution is 7.99. The fraction of sp³-hybridized carbons (Fsp3) is 0.179. The quantitative estimate of drug-likeness (QED) is 0.223. The third kappa shape index (κ3) is 6.04. The van der Waals surface area contributed by atoms with E-state index >= 15 is 0 Å². The van der Waals surface area contributed by atoms with Crippen molar-refractivity contribution >= 4 is 58.0 Å². The molecule has 1 fully saturated rings. The van der Waals surface area contributed by atoms with E-state index < -0.39 is 0 Å². The highest BCUT2D eigenvalue weighted by Gasteiger charge is 2.42. The Balaban J connectivity index is 1.52. The van der Waals surface area contributed by atoms with Crippen LogP contribution in [0.2, 0.25) is 5.02 Å². The lowest BCUT2D eigenvalue weighted by Crippen LogP contribution is -2.29. The zero-order valence-electron chi connectivity index (χ0n) is 21.1. The second-order valence-electron chi connectivity index (χ2n) is 8.58. The standard InChI is InChI=1S/C28H25ClN4O4S2/c1-35-16-24(34)31-21-15-18(8-11-22(21)36-2)33-27(26(32-28(33)38)20-5-3-4-14-30-20)23-12-13-25(37-23)39-19-9-6-17(29)7-10-19/h3-15,26-27H,16H2,1-2H3,(H,31,34)(H,32,38)/t26-,27-/m0/s1. The highest BCUT2D eigenvalue weighted by Crippen LogP contribution is 2.44. The van der Waals surface area contributed by atoms with E-state index in [1.807, 2.05) is 71.6 Å². The van der Waals surface area contributed by atoms with Crippen molar-refractivity contribution in [3.8, 4) is 5.75 Å². The van der Waals surface area contributed by atoms with Crippen LogP contribution in [0.15, 0.2) is 93.4 Å². The van der Waals surface area contributed by atoms with Crippen LogP contribution in [0.5, 0.6) is 5.75 Å². The van der Waals surface area contributed by atoms with Gasteiger partial charge in [-0.25, -0.2) is 0 Å². The van der Waals surface area contributed by atoms with E-state index in [0.29, 0.717) is 27.3 Å². The minimum Gasteiger partial charge on any atom is -0.495 e. The van der Waals surface area contributed by atoms with Gasteiger partial charge in [0.1, 0.15) is 24.2 Å². The number of furan rings is 1. The number of hydrogen-bond donors (Lipinski definition) is 2. The molecule has 1 aliphatic heterocycles. The van der Waals surface area contributed by atoms with Crippen LogP contribution in [-0.2, 0) is 9.53 Å². The van der Waals surface area contributed by atoms with Gasteiger partial charge in [-0.05, 0) is 78.9 Å². The summed E-state index contributed by atoms with van der Waals surface area (Å²) in [5.74, 6) is 0.918. The smallest absolute Gasteiger partial charge is 0.250 e. The van der Waals surface area contributed by atoms with Crippen LogP contribution < -0.4 is 20.3 Å². The lowest BCUT2D eigenvalue weighted by molar-refractivity contribution is -0.119. The summed E-state index contributed by atoms with van der Waals surface area (Å²) in [6.07, 6.45) is 1.75. The molecular weight excluding hydrogens is 556 g/mol. The maximum Gasteiger partial charge on any atom is 0.250 e. The van der Waals surface area contributed by atoms with Crippen LogP contribution in [-0.4, -0.2) is 36.8 Å². The SMILES string of the molecule is COCC(=O)Nc1cc(N2C(=S)N[C@@H](c3ccccn3)[C@@H]2c2ccc(Sc3ccc(Cl)cc3)o2)ccc1OC. The minimum absolute atomic E-state index is 0.0815. The Morgan fingerprint density at radius 1 is 1.15 bits per heavy atom. The monoisotopic (exact) mass is 580 g/mol. The molecule has 0 aliphatic carbocycles. The van der Waals surface area contributed by atoms with Crippen molar-refractivity contribution in [2.75, 3.05) is 31.0 Å². The summed E-state index contributed by atoms with van der Waals surface area (Å²) in [6.45, 7) is -0.0815. The maximum absolute atomic E-state index is 12.3. The fourth-order valence-corrected chi connectivity index (χ4v) is 5.60. The minimum atomic E-state index is -0.358. The van der Waals surface area contributed by atoms with Crippen LogP contribution in [0.3, 0.4) is 0 Å². The molecule has 2 aromatic carbocycles. The van der Waals surface area contributed by atoms with Crippen LogP contribution >= 0.6 is 35.6 Å². The third-order valence-corrected chi connectivity index (χ3v) is 7.53. The molecule has 1 aliphatic rings. The van der Waals surface area contributed by atoms with Gasteiger partial charge in [0.05, 0.1) is 24.5 Å². The molecule has 2 N–H and O–H groups in total. The first kappa shape index (κ1) is 27.0. The summed E-state index contributed by atoms with van der Waals surface area (Å²) in [7, 11) is 3.01. The van der Waals surface area contributed by atoms with Gasteiger partial charge in [-0.15, -0.1) is 0 Å². The lowest BCUT2D eigenvalue weighted by atomic mass is 10.0. The number of halogens is 1. The molecule has 1 amide bonds. The van der Waals surface area contributed by atoms with Crippen molar-refractivity contribution in [1.82, 2.24) is 10.3 Å². The number of methoxy groups -OCH3 is 2. The van der Waals surface area contributed by atoms with Gasteiger partial charge >= 0.3 is 0 Å². The van der Waals surface area contributed by atoms with Gasteiger partial charge in [0, 0.05) is 28.9 Å². The van der Waals surface area contributed by atoms with Crippen LogP contribution in [0.4, 0.5) is 11.4 Å². The zero-order valence-corrected chi connectivity index (χ0v) is 23.5. The number of amides is 1. The van der Waals surface area contributed by atoms with Crippen molar-refractivity contribution in [1.29, 1.82) is 0 Å². The Morgan fingerprint density at radius 2 is 1.97 bits per heavy atom. The Hall–Kier alpha value is -3.57. The molecule has 0 saturated carbocycles. The largest absolute Gasteiger partial charge is 0.495 e. The van der Waals surface area contributed by atoms with Gasteiger partial charge in [-0.1, -0.05) is 29.4 Å². The number of rotatable bonds is 9. The summed E-state index contributed by atoms with van der Waals surface area (Å²) in [4.78, 5) is 19.9.